The molecule has 1 aliphatic heterocycles. The zero-order chi connectivity index (χ0) is 25.3. The van der Waals surface area contributed by atoms with E-state index >= 15 is 0 Å². The number of carbonyl (C=O) groups excluding carboxylic acids is 1. The lowest BCUT2D eigenvalue weighted by Gasteiger charge is -2.37. The number of halogens is 2. The number of rotatable bonds is 7. The van der Waals surface area contributed by atoms with Crippen LogP contribution in [0.4, 0.5) is 5.13 Å². The van der Waals surface area contributed by atoms with Gasteiger partial charge in [-0.05, 0) is 19.4 Å². The van der Waals surface area contributed by atoms with Gasteiger partial charge in [0.1, 0.15) is 16.3 Å². The number of aromatic carboxylic acids is 1. The number of nitrogens with zero attached hydrogens (tertiary/aromatic N) is 3. The number of pyridine rings is 1. The molecule has 3 N–H and O–H groups in total. The molecule has 0 bridgehead atoms. The summed E-state index contributed by atoms with van der Waals surface area (Å²) in [7, 11) is 3.05. The molecular formula is C22H23Cl2N5O5S. The van der Waals surface area contributed by atoms with Crippen molar-refractivity contribution in [3.63, 3.8) is 0 Å². The Balaban J connectivity index is 1.53. The van der Waals surface area contributed by atoms with E-state index in [1.54, 1.807) is 32.2 Å². The van der Waals surface area contributed by atoms with Gasteiger partial charge in [0.2, 0.25) is 5.88 Å². The molecule has 2 atom stereocenters. The highest BCUT2D eigenvalue weighted by Crippen LogP contribution is 2.35. The minimum atomic E-state index is -1.09. The van der Waals surface area contributed by atoms with Crippen LogP contribution in [-0.4, -0.2) is 71.4 Å². The van der Waals surface area contributed by atoms with Crippen LogP contribution in [0.15, 0.2) is 18.2 Å². The zero-order valence-electron chi connectivity index (χ0n) is 19.1. The second-order valence-corrected chi connectivity index (χ2v) is 9.62. The Morgan fingerprint density at radius 2 is 2.03 bits per heavy atom. The van der Waals surface area contributed by atoms with Gasteiger partial charge in [0, 0.05) is 32.0 Å². The number of nitrogens with one attached hydrogen (secondary N) is 2. The average molecular weight is 540 g/mol. The lowest BCUT2D eigenvalue weighted by Crippen LogP contribution is -2.55. The van der Waals surface area contributed by atoms with Gasteiger partial charge in [-0.2, -0.15) is 0 Å². The minimum Gasteiger partial charge on any atom is -0.481 e. The van der Waals surface area contributed by atoms with Gasteiger partial charge in [-0.15, -0.1) is 0 Å². The monoisotopic (exact) mass is 539 g/mol. The highest BCUT2D eigenvalue weighted by molar-refractivity contribution is 7.17. The van der Waals surface area contributed by atoms with Crippen molar-refractivity contribution in [3.05, 3.63) is 44.5 Å². The molecule has 3 aromatic rings. The Morgan fingerprint density at radius 3 is 2.66 bits per heavy atom. The van der Waals surface area contributed by atoms with Crippen molar-refractivity contribution in [2.75, 3.05) is 32.2 Å². The number of thiazole rings is 1. The van der Waals surface area contributed by atoms with Crippen LogP contribution in [0.2, 0.25) is 10.0 Å². The number of anilines is 1. The molecule has 4 rings (SSSR count). The fourth-order valence-corrected chi connectivity index (χ4v) is 5.25. The van der Waals surface area contributed by atoms with E-state index in [1.165, 1.54) is 7.11 Å². The molecule has 0 aromatic carbocycles. The SMILES string of the molecule is COc1cccc(-c2nc(N3CCC(NC(=O)c4[nH]c(C)c(Cl)c4Cl)C(OC)C3)sc2C(=O)O)n1. The third-order valence-corrected chi connectivity index (χ3v) is 7.77. The average Bonchev–Trinajstić information content (AvgIpc) is 3.42. The number of amides is 1. The third-order valence-electron chi connectivity index (χ3n) is 5.72. The molecule has 0 spiro atoms. The van der Waals surface area contributed by atoms with Crippen LogP contribution >= 0.6 is 34.5 Å². The molecule has 0 saturated carbocycles. The molecule has 1 fully saturated rings. The van der Waals surface area contributed by atoms with Crippen LogP contribution < -0.4 is 15.0 Å². The number of carboxylic acid groups (broad SMARTS) is 1. The summed E-state index contributed by atoms with van der Waals surface area (Å²) in [5.41, 5.74) is 1.49. The number of carboxylic acids is 1. The standard InChI is InChI=1S/C22H23Cl2N5O5S/c1-10-15(23)16(24)18(25-10)20(30)27-11-7-8-29(9-13(11)33-2)22-28-17(19(35-22)21(31)32)12-5-4-6-14(26-12)34-3/h4-6,11,13,25H,7-9H2,1-3H3,(H,27,30)(H,31,32). The first-order valence-corrected chi connectivity index (χ1v) is 12.2. The van der Waals surface area contributed by atoms with Crippen molar-refractivity contribution in [3.8, 4) is 17.3 Å². The number of methoxy groups -OCH3 is 2. The van der Waals surface area contributed by atoms with Gasteiger partial charge >= 0.3 is 5.97 Å². The predicted molar refractivity (Wildman–Crippen MR) is 133 cm³/mol. The second kappa shape index (κ2) is 10.4. The lowest BCUT2D eigenvalue weighted by atomic mass is 10.0. The van der Waals surface area contributed by atoms with Crippen LogP contribution in [0.25, 0.3) is 11.4 Å². The third kappa shape index (κ3) is 5.08. The van der Waals surface area contributed by atoms with Crippen molar-refractivity contribution in [2.24, 2.45) is 0 Å². The van der Waals surface area contributed by atoms with Gasteiger partial charge < -0.3 is 29.8 Å². The molecule has 2 unspecified atom stereocenters. The maximum atomic E-state index is 12.8. The number of carbonyl (C=O) groups is 2. The van der Waals surface area contributed by atoms with Crippen molar-refractivity contribution in [2.45, 2.75) is 25.5 Å². The molecule has 3 aromatic heterocycles. The summed E-state index contributed by atoms with van der Waals surface area (Å²) in [6, 6.07) is 4.80. The maximum absolute atomic E-state index is 12.8. The van der Waals surface area contributed by atoms with Crippen LogP contribution in [-0.2, 0) is 4.74 Å². The molecule has 1 amide bonds. The highest BCUT2D eigenvalue weighted by Gasteiger charge is 2.34. The summed E-state index contributed by atoms with van der Waals surface area (Å²) in [6.07, 6.45) is 0.179. The van der Waals surface area contributed by atoms with Gasteiger partial charge in [0.15, 0.2) is 5.13 Å². The fraction of sp³-hybridized carbons (Fsp3) is 0.364. The first kappa shape index (κ1) is 25.2. The molecule has 13 heteroatoms. The van der Waals surface area contributed by atoms with E-state index in [0.717, 1.165) is 11.3 Å². The first-order valence-electron chi connectivity index (χ1n) is 10.6. The zero-order valence-corrected chi connectivity index (χ0v) is 21.4. The Labute approximate surface area is 215 Å². The number of piperidine rings is 1. The van der Waals surface area contributed by atoms with Crippen molar-refractivity contribution < 1.29 is 24.2 Å². The van der Waals surface area contributed by atoms with E-state index in [0.29, 0.717) is 46.9 Å². The number of ether oxygens (including phenoxy) is 2. The second-order valence-electron chi connectivity index (χ2n) is 7.89. The number of hydrogen-bond acceptors (Lipinski definition) is 8. The highest BCUT2D eigenvalue weighted by atomic mass is 35.5. The van der Waals surface area contributed by atoms with E-state index in [-0.39, 0.29) is 39.3 Å². The summed E-state index contributed by atoms with van der Waals surface area (Å²) in [5.74, 6) is -1.10. The number of aryl methyl sites for hydroxylation is 1. The number of aromatic nitrogens is 3. The fourth-order valence-electron chi connectivity index (χ4n) is 3.89. The summed E-state index contributed by atoms with van der Waals surface area (Å²) in [6.45, 7) is 2.66. The first-order chi connectivity index (χ1) is 16.7. The maximum Gasteiger partial charge on any atom is 0.348 e. The molecule has 0 aliphatic carbocycles. The van der Waals surface area contributed by atoms with E-state index in [1.807, 2.05) is 4.90 Å². The lowest BCUT2D eigenvalue weighted by molar-refractivity contribution is 0.0540. The normalized spacial score (nSPS) is 17.9. The molecule has 10 nitrogen and oxygen atoms in total. The van der Waals surface area contributed by atoms with Crippen LogP contribution in [0.3, 0.4) is 0 Å². The summed E-state index contributed by atoms with van der Waals surface area (Å²) in [5, 5.41) is 13.7. The molecular weight excluding hydrogens is 517 g/mol. The van der Waals surface area contributed by atoms with Crippen molar-refractivity contribution in [1.29, 1.82) is 0 Å². The van der Waals surface area contributed by atoms with Gasteiger partial charge in [-0.25, -0.2) is 14.8 Å². The molecule has 35 heavy (non-hydrogen) atoms. The smallest absolute Gasteiger partial charge is 0.348 e. The van der Waals surface area contributed by atoms with E-state index in [4.69, 9.17) is 32.7 Å². The van der Waals surface area contributed by atoms with Gasteiger partial charge in [-0.3, -0.25) is 4.79 Å². The molecule has 186 valence electrons. The number of H-pyrrole nitrogens is 1. The van der Waals surface area contributed by atoms with Gasteiger partial charge in [-0.1, -0.05) is 40.6 Å². The molecule has 1 aliphatic rings. The van der Waals surface area contributed by atoms with Crippen molar-refractivity contribution >= 4 is 51.5 Å². The number of aromatic amines is 1. The van der Waals surface area contributed by atoms with Crippen LogP contribution in [0.1, 0.15) is 32.3 Å². The molecule has 4 heterocycles. The van der Waals surface area contributed by atoms with Crippen LogP contribution in [0.5, 0.6) is 5.88 Å². The van der Waals surface area contributed by atoms with Gasteiger partial charge in [0.05, 0.1) is 35.0 Å². The summed E-state index contributed by atoms with van der Waals surface area (Å²) < 4.78 is 10.8. The Kier molecular flexibility index (Phi) is 7.50. The van der Waals surface area contributed by atoms with E-state index in [9.17, 15) is 14.7 Å². The Bertz CT molecular complexity index is 1260. The number of hydrogen-bond donors (Lipinski definition) is 3. The quantitative estimate of drug-likeness (QED) is 0.412. The van der Waals surface area contributed by atoms with E-state index < -0.39 is 5.97 Å². The topological polar surface area (TPSA) is 130 Å². The summed E-state index contributed by atoms with van der Waals surface area (Å²) >= 11 is 13.3. The van der Waals surface area contributed by atoms with Gasteiger partial charge in [0.25, 0.3) is 5.91 Å². The largest absolute Gasteiger partial charge is 0.481 e. The predicted octanol–water partition coefficient (Wildman–Crippen LogP) is 3.88. The molecule has 0 radical (unpaired) electrons. The summed E-state index contributed by atoms with van der Waals surface area (Å²) in [4.78, 5) is 38.6. The van der Waals surface area contributed by atoms with E-state index in [2.05, 4.69) is 20.3 Å². The molecule has 1 saturated heterocycles. The van der Waals surface area contributed by atoms with Crippen LogP contribution in [0, 0.1) is 6.92 Å². The Hall–Kier alpha value is -2.86. The Morgan fingerprint density at radius 1 is 1.26 bits per heavy atom. The van der Waals surface area contributed by atoms with Crippen molar-refractivity contribution in [1.82, 2.24) is 20.3 Å². The minimum absolute atomic E-state index is 0.0822.